The summed E-state index contributed by atoms with van der Waals surface area (Å²) >= 11 is 0. The number of likely N-dealkylation sites (N-methyl/N-ethyl adjacent to an activating group) is 1. The molecule has 0 bridgehead atoms. The van der Waals surface area contributed by atoms with Crippen LogP contribution in [0.25, 0.3) is 11.4 Å². The van der Waals surface area contributed by atoms with Crippen LogP contribution >= 0.6 is 0 Å². The van der Waals surface area contributed by atoms with Gasteiger partial charge in [-0.3, -0.25) is 4.90 Å². The summed E-state index contributed by atoms with van der Waals surface area (Å²) in [4.78, 5) is 6.89. The third-order valence-electron chi connectivity index (χ3n) is 5.03. The summed E-state index contributed by atoms with van der Waals surface area (Å²) in [5.74, 6) is 2.55. The second-order valence-corrected chi connectivity index (χ2v) is 6.94. The number of nitrogens with zero attached hydrogens (tertiary/aromatic N) is 3. The number of rotatable bonds is 9. The molecule has 0 unspecified atom stereocenters. The molecule has 0 saturated carbocycles. The fraction of sp³-hybridized carbons (Fsp3) is 0.364. The van der Waals surface area contributed by atoms with Crippen LogP contribution in [0.1, 0.15) is 18.4 Å². The SMILES string of the molecule is CCN(Cc1nc(-c2ccc3c(c2)OCO3)no1)[C@H](COC)Cc1ccccc1. The van der Waals surface area contributed by atoms with E-state index in [1.807, 2.05) is 24.3 Å². The Hall–Kier alpha value is -2.90. The van der Waals surface area contributed by atoms with Crippen molar-refractivity contribution >= 4 is 0 Å². The number of benzene rings is 2. The highest BCUT2D eigenvalue weighted by Crippen LogP contribution is 2.35. The second kappa shape index (κ2) is 9.07. The van der Waals surface area contributed by atoms with Gasteiger partial charge in [-0.15, -0.1) is 0 Å². The van der Waals surface area contributed by atoms with Gasteiger partial charge in [0, 0.05) is 18.7 Å². The first-order chi connectivity index (χ1) is 14.3. The van der Waals surface area contributed by atoms with Gasteiger partial charge in [0.15, 0.2) is 11.5 Å². The Bertz CT molecular complexity index is 929. The van der Waals surface area contributed by atoms with E-state index in [0.29, 0.717) is 30.6 Å². The van der Waals surface area contributed by atoms with Crippen molar-refractivity contribution in [1.29, 1.82) is 0 Å². The molecule has 4 rings (SSSR count). The predicted octanol–water partition coefficient (Wildman–Crippen LogP) is 3.54. The fourth-order valence-corrected chi connectivity index (χ4v) is 3.52. The van der Waals surface area contributed by atoms with Crippen molar-refractivity contribution in [2.45, 2.75) is 25.9 Å². The lowest BCUT2D eigenvalue weighted by molar-refractivity contribution is 0.0812. The average Bonchev–Trinajstić information content (AvgIpc) is 3.41. The van der Waals surface area contributed by atoms with E-state index in [9.17, 15) is 0 Å². The summed E-state index contributed by atoms with van der Waals surface area (Å²) in [5.41, 5.74) is 2.12. The van der Waals surface area contributed by atoms with Crippen LogP contribution in [0.5, 0.6) is 11.5 Å². The maximum Gasteiger partial charge on any atom is 0.241 e. The summed E-state index contributed by atoms with van der Waals surface area (Å²) in [7, 11) is 1.73. The predicted molar refractivity (Wildman–Crippen MR) is 108 cm³/mol. The van der Waals surface area contributed by atoms with Gasteiger partial charge in [-0.1, -0.05) is 42.4 Å². The summed E-state index contributed by atoms with van der Waals surface area (Å²) in [5, 5.41) is 4.15. The van der Waals surface area contributed by atoms with Gasteiger partial charge in [-0.25, -0.2) is 0 Å². The van der Waals surface area contributed by atoms with E-state index in [1.54, 1.807) is 7.11 Å². The average molecular weight is 395 g/mol. The Morgan fingerprint density at radius 3 is 2.72 bits per heavy atom. The number of ether oxygens (including phenoxy) is 3. The van der Waals surface area contributed by atoms with Crippen LogP contribution in [0.2, 0.25) is 0 Å². The van der Waals surface area contributed by atoms with Crippen LogP contribution in [-0.4, -0.2) is 48.1 Å². The molecule has 0 spiro atoms. The minimum atomic E-state index is 0.216. The maximum atomic E-state index is 5.53. The van der Waals surface area contributed by atoms with Crippen molar-refractivity contribution in [3.05, 3.63) is 60.0 Å². The molecule has 2 aromatic carbocycles. The summed E-state index contributed by atoms with van der Waals surface area (Å²) in [6.45, 7) is 4.41. The van der Waals surface area contributed by atoms with Crippen LogP contribution in [0, 0.1) is 0 Å². The van der Waals surface area contributed by atoms with E-state index in [0.717, 1.165) is 24.3 Å². The third-order valence-corrected chi connectivity index (χ3v) is 5.03. The fourth-order valence-electron chi connectivity index (χ4n) is 3.52. The monoisotopic (exact) mass is 395 g/mol. The molecule has 7 nitrogen and oxygen atoms in total. The molecule has 1 aliphatic rings. The highest BCUT2D eigenvalue weighted by atomic mass is 16.7. The molecule has 0 amide bonds. The number of hydrogen-bond acceptors (Lipinski definition) is 7. The molecule has 0 saturated heterocycles. The van der Waals surface area contributed by atoms with Crippen LogP contribution < -0.4 is 9.47 Å². The molecule has 152 valence electrons. The van der Waals surface area contributed by atoms with Gasteiger partial charge in [0.2, 0.25) is 18.5 Å². The molecule has 29 heavy (non-hydrogen) atoms. The van der Waals surface area contributed by atoms with E-state index in [-0.39, 0.29) is 12.8 Å². The van der Waals surface area contributed by atoms with Gasteiger partial charge in [-0.05, 0) is 36.7 Å². The second-order valence-electron chi connectivity index (χ2n) is 6.94. The van der Waals surface area contributed by atoms with Crippen molar-refractivity contribution in [2.75, 3.05) is 27.1 Å². The lowest BCUT2D eigenvalue weighted by Gasteiger charge is -2.29. The Morgan fingerprint density at radius 1 is 1.10 bits per heavy atom. The molecule has 0 aliphatic carbocycles. The quantitative estimate of drug-likeness (QED) is 0.549. The topological polar surface area (TPSA) is 69.9 Å². The summed E-state index contributed by atoms with van der Waals surface area (Å²) in [6.07, 6.45) is 0.895. The molecule has 0 N–H and O–H groups in total. The summed E-state index contributed by atoms with van der Waals surface area (Å²) < 4.78 is 21.8. The molecule has 1 aliphatic heterocycles. The molecular formula is C22H25N3O4. The van der Waals surface area contributed by atoms with Crippen LogP contribution in [-0.2, 0) is 17.7 Å². The molecule has 2 heterocycles. The Morgan fingerprint density at radius 2 is 1.93 bits per heavy atom. The van der Waals surface area contributed by atoms with Crippen LogP contribution in [0.3, 0.4) is 0 Å². The van der Waals surface area contributed by atoms with Crippen molar-refractivity contribution in [1.82, 2.24) is 15.0 Å². The molecular weight excluding hydrogens is 370 g/mol. The highest BCUT2D eigenvalue weighted by Gasteiger charge is 2.22. The summed E-state index contributed by atoms with van der Waals surface area (Å²) in [6, 6.07) is 16.3. The first-order valence-electron chi connectivity index (χ1n) is 9.76. The highest BCUT2D eigenvalue weighted by molar-refractivity contribution is 5.61. The number of aromatic nitrogens is 2. The molecule has 1 atom stereocenters. The molecule has 3 aromatic rings. The number of fused-ring (bicyclic) bond motifs is 1. The zero-order valence-electron chi connectivity index (χ0n) is 16.7. The maximum absolute atomic E-state index is 5.53. The van der Waals surface area contributed by atoms with Gasteiger partial charge in [-0.2, -0.15) is 4.98 Å². The first-order valence-corrected chi connectivity index (χ1v) is 9.76. The first kappa shape index (κ1) is 19.4. The zero-order valence-corrected chi connectivity index (χ0v) is 16.7. The standard InChI is InChI=1S/C22H25N3O4/c1-3-25(18(14-26-2)11-16-7-5-4-6-8-16)13-21-23-22(24-29-21)17-9-10-19-20(12-17)28-15-27-19/h4-10,12,18H,3,11,13-15H2,1-2H3/t18-/m0/s1. The minimum absolute atomic E-state index is 0.216. The Kier molecular flexibility index (Phi) is 6.07. The molecule has 1 aromatic heterocycles. The van der Waals surface area contributed by atoms with Crippen molar-refractivity contribution in [3.63, 3.8) is 0 Å². The van der Waals surface area contributed by atoms with Crippen molar-refractivity contribution in [3.8, 4) is 22.9 Å². The van der Waals surface area contributed by atoms with Gasteiger partial charge in [0.1, 0.15) is 0 Å². The number of methoxy groups -OCH3 is 1. The molecule has 0 radical (unpaired) electrons. The minimum Gasteiger partial charge on any atom is -0.454 e. The molecule has 7 heteroatoms. The van der Waals surface area contributed by atoms with Gasteiger partial charge in [0.05, 0.1) is 13.2 Å². The lowest BCUT2D eigenvalue weighted by atomic mass is 10.1. The van der Waals surface area contributed by atoms with E-state index in [1.165, 1.54) is 5.56 Å². The van der Waals surface area contributed by atoms with Crippen LogP contribution in [0.15, 0.2) is 53.1 Å². The lowest BCUT2D eigenvalue weighted by Crippen LogP contribution is -2.39. The van der Waals surface area contributed by atoms with E-state index < -0.39 is 0 Å². The smallest absolute Gasteiger partial charge is 0.241 e. The van der Waals surface area contributed by atoms with Crippen molar-refractivity contribution < 1.29 is 18.7 Å². The van der Waals surface area contributed by atoms with Gasteiger partial charge >= 0.3 is 0 Å². The Balaban J connectivity index is 1.47. The largest absolute Gasteiger partial charge is 0.454 e. The van der Waals surface area contributed by atoms with E-state index in [4.69, 9.17) is 18.7 Å². The molecule has 0 fully saturated rings. The van der Waals surface area contributed by atoms with E-state index in [2.05, 4.69) is 46.2 Å². The normalized spacial score (nSPS) is 13.8. The van der Waals surface area contributed by atoms with Crippen LogP contribution in [0.4, 0.5) is 0 Å². The Labute approximate surface area is 170 Å². The van der Waals surface area contributed by atoms with E-state index >= 15 is 0 Å². The van der Waals surface area contributed by atoms with Gasteiger partial charge in [0.25, 0.3) is 0 Å². The zero-order chi connectivity index (χ0) is 20.1. The third kappa shape index (κ3) is 4.58. The number of hydrogen-bond donors (Lipinski definition) is 0. The van der Waals surface area contributed by atoms with Gasteiger partial charge < -0.3 is 18.7 Å². The van der Waals surface area contributed by atoms with Crippen molar-refractivity contribution in [2.24, 2.45) is 0 Å².